The lowest BCUT2D eigenvalue weighted by Gasteiger charge is -2.23. The van der Waals surface area contributed by atoms with Gasteiger partial charge in [0.15, 0.2) is 5.69 Å². The molecule has 0 aliphatic rings. The fourth-order valence-electron chi connectivity index (χ4n) is 3.29. The van der Waals surface area contributed by atoms with E-state index in [0.717, 1.165) is 18.4 Å². The summed E-state index contributed by atoms with van der Waals surface area (Å²) in [5.41, 5.74) is 7.35. The van der Waals surface area contributed by atoms with Gasteiger partial charge in [-0.1, -0.05) is 51.5 Å². The Labute approximate surface area is 171 Å². The van der Waals surface area contributed by atoms with E-state index in [4.69, 9.17) is 5.73 Å². The van der Waals surface area contributed by atoms with Gasteiger partial charge in [-0.25, -0.2) is 4.79 Å². The van der Waals surface area contributed by atoms with Crippen LogP contribution >= 0.6 is 0 Å². The highest BCUT2D eigenvalue weighted by atomic mass is 16.2. The quantitative estimate of drug-likeness (QED) is 0.675. The number of hydrogen-bond donors (Lipinski definition) is 2. The first-order valence-electron chi connectivity index (χ1n) is 10.3. The number of hydrogen-bond acceptors (Lipinski definition) is 4. The fourth-order valence-corrected chi connectivity index (χ4v) is 3.29. The van der Waals surface area contributed by atoms with E-state index in [9.17, 15) is 14.4 Å². The molecule has 0 atom stereocenters. The molecule has 0 aliphatic carbocycles. The molecule has 0 unspecified atom stereocenters. The molecule has 7 heteroatoms. The largest absolute Gasteiger partial charge is 0.383 e. The van der Waals surface area contributed by atoms with Crippen molar-refractivity contribution in [1.82, 2.24) is 9.55 Å². The summed E-state index contributed by atoms with van der Waals surface area (Å²) in [4.78, 5) is 41.1. The Hall–Kier alpha value is -2.83. The number of benzene rings is 1. The number of aromatic amines is 1. The predicted molar refractivity (Wildman–Crippen MR) is 118 cm³/mol. The Morgan fingerprint density at radius 3 is 2.38 bits per heavy atom. The van der Waals surface area contributed by atoms with Crippen LogP contribution in [0.4, 0.5) is 11.5 Å². The van der Waals surface area contributed by atoms with Crippen molar-refractivity contribution in [3.63, 3.8) is 0 Å². The van der Waals surface area contributed by atoms with Crippen LogP contribution in [0, 0.1) is 0 Å². The molecule has 2 aromatic rings. The molecular formula is C22H32N4O3. The second-order valence-electron chi connectivity index (χ2n) is 7.53. The van der Waals surface area contributed by atoms with Crippen LogP contribution < -0.4 is 21.9 Å². The van der Waals surface area contributed by atoms with Gasteiger partial charge >= 0.3 is 5.69 Å². The van der Waals surface area contributed by atoms with Crippen molar-refractivity contribution < 1.29 is 4.79 Å². The summed E-state index contributed by atoms with van der Waals surface area (Å²) in [6.45, 7) is 8.77. The molecule has 1 aromatic heterocycles. The zero-order valence-electron chi connectivity index (χ0n) is 17.8. The maximum Gasteiger partial charge on any atom is 0.330 e. The van der Waals surface area contributed by atoms with E-state index in [1.165, 1.54) is 15.0 Å². The maximum atomic E-state index is 12.9. The molecule has 0 saturated carbocycles. The maximum absolute atomic E-state index is 12.9. The highest BCUT2D eigenvalue weighted by Gasteiger charge is 2.22. The molecule has 3 N–H and O–H groups in total. The minimum Gasteiger partial charge on any atom is -0.383 e. The number of carbonyl (C=O) groups is 1. The molecular weight excluding hydrogens is 368 g/mol. The fraction of sp³-hybridized carbons (Fsp3) is 0.500. The molecule has 0 radical (unpaired) electrons. The molecule has 0 aliphatic heterocycles. The van der Waals surface area contributed by atoms with Crippen LogP contribution in [0.2, 0.25) is 0 Å². The van der Waals surface area contributed by atoms with Crippen LogP contribution in [0.3, 0.4) is 0 Å². The van der Waals surface area contributed by atoms with E-state index >= 15 is 0 Å². The van der Waals surface area contributed by atoms with Gasteiger partial charge in [0, 0.05) is 19.5 Å². The van der Waals surface area contributed by atoms with Gasteiger partial charge in [-0.2, -0.15) is 0 Å². The van der Waals surface area contributed by atoms with Crippen LogP contribution in [-0.2, 0) is 17.8 Å². The Morgan fingerprint density at radius 1 is 1.17 bits per heavy atom. The summed E-state index contributed by atoms with van der Waals surface area (Å²) < 4.78 is 1.33. The average molecular weight is 401 g/mol. The molecule has 0 bridgehead atoms. The zero-order valence-corrected chi connectivity index (χ0v) is 17.8. The van der Waals surface area contributed by atoms with Crippen LogP contribution in [-0.4, -0.2) is 22.0 Å². The molecule has 1 amide bonds. The van der Waals surface area contributed by atoms with Crippen molar-refractivity contribution in [3.05, 3.63) is 56.2 Å². The first-order valence-corrected chi connectivity index (χ1v) is 10.3. The molecule has 1 heterocycles. The van der Waals surface area contributed by atoms with Gasteiger partial charge in [-0.3, -0.25) is 19.1 Å². The van der Waals surface area contributed by atoms with Crippen molar-refractivity contribution in [2.24, 2.45) is 0 Å². The predicted octanol–water partition coefficient (Wildman–Crippen LogP) is 3.03. The van der Waals surface area contributed by atoms with Gasteiger partial charge in [0.2, 0.25) is 5.91 Å². The number of carbonyl (C=O) groups excluding carboxylic acids is 1. The third kappa shape index (κ3) is 5.37. The Morgan fingerprint density at radius 2 is 1.83 bits per heavy atom. The molecule has 1 aromatic carbocycles. The number of nitrogens with zero attached hydrogens (tertiary/aromatic N) is 2. The molecule has 0 fully saturated rings. The smallest absolute Gasteiger partial charge is 0.330 e. The van der Waals surface area contributed by atoms with E-state index in [2.05, 4.69) is 31.0 Å². The number of H-pyrrole nitrogens is 1. The summed E-state index contributed by atoms with van der Waals surface area (Å²) in [6, 6.07) is 8.22. The lowest BCUT2D eigenvalue weighted by Crippen LogP contribution is -2.41. The molecule has 158 valence electrons. The second-order valence-corrected chi connectivity index (χ2v) is 7.53. The summed E-state index contributed by atoms with van der Waals surface area (Å²) >= 11 is 0. The monoisotopic (exact) mass is 400 g/mol. The molecule has 7 nitrogen and oxygen atoms in total. The Bertz CT molecular complexity index is 942. The third-order valence-electron chi connectivity index (χ3n) is 5.11. The van der Waals surface area contributed by atoms with E-state index < -0.39 is 11.2 Å². The minimum absolute atomic E-state index is 0.0451. The first kappa shape index (κ1) is 22.5. The van der Waals surface area contributed by atoms with Gasteiger partial charge in [0.05, 0.1) is 0 Å². The van der Waals surface area contributed by atoms with Crippen LogP contribution in [0.1, 0.15) is 64.0 Å². The van der Waals surface area contributed by atoms with Gasteiger partial charge in [0.25, 0.3) is 5.56 Å². The van der Waals surface area contributed by atoms with E-state index in [1.807, 2.05) is 19.1 Å². The number of amides is 1. The number of anilines is 2. The summed E-state index contributed by atoms with van der Waals surface area (Å²) in [7, 11) is 0. The molecule has 29 heavy (non-hydrogen) atoms. The van der Waals surface area contributed by atoms with Gasteiger partial charge in [-0.05, 0) is 36.8 Å². The highest BCUT2D eigenvalue weighted by molar-refractivity contribution is 5.95. The number of unbranched alkanes of at least 4 members (excludes halogenated alkanes) is 1. The number of nitrogens with one attached hydrogen (secondary N) is 1. The van der Waals surface area contributed by atoms with Gasteiger partial charge in [-0.15, -0.1) is 0 Å². The van der Waals surface area contributed by atoms with E-state index in [0.29, 0.717) is 25.4 Å². The second kappa shape index (κ2) is 10.1. The minimum atomic E-state index is -0.628. The van der Waals surface area contributed by atoms with Gasteiger partial charge < -0.3 is 10.6 Å². The van der Waals surface area contributed by atoms with Crippen molar-refractivity contribution in [3.8, 4) is 0 Å². The standard InChI is InChI=1S/C22H32N4O3/c1-5-7-14-26-20(23)19(21(28)24-22(26)29)25(6-2)18(27)13-10-16-8-11-17(12-9-16)15(3)4/h8-9,11-12,15H,5-7,10,13-14,23H2,1-4H3,(H,24,28,29). The summed E-state index contributed by atoms with van der Waals surface area (Å²) in [5.74, 6) is 0.307. The number of nitrogens with two attached hydrogens (primary N) is 1. The SMILES string of the molecule is CCCCn1c(N)c(N(CC)C(=O)CCc2ccc(C(C)C)cc2)c(=O)[nH]c1=O. The normalized spacial score (nSPS) is 11.1. The molecule has 0 spiro atoms. The zero-order chi connectivity index (χ0) is 21.6. The number of rotatable bonds is 9. The third-order valence-corrected chi connectivity index (χ3v) is 5.11. The Kier molecular flexibility index (Phi) is 7.82. The lowest BCUT2D eigenvalue weighted by atomic mass is 10.00. The number of aryl methyl sites for hydroxylation is 1. The van der Waals surface area contributed by atoms with Crippen LogP contribution in [0.25, 0.3) is 0 Å². The topological polar surface area (TPSA) is 101 Å². The first-order chi connectivity index (χ1) is 13.8. The molecule has 0 saturated heterocycles. The average Bonchev–Trinajstić information content (AvgIpc) is 2.69. The van der Waals surface area contributed by atoms with E-state index in [1.54, 1.807) is 6.92 Å². The van der Waals surface area contributed by atoms with Crippen molar-refractivity contribution in [2.75, 3.05) is 17.2 Å². The van der Waals surface area contributed by atoms with Crippen molar-refractivity contribution in [2.45, 2.75) is 65.8 Å². The van der Waals surface area contributed by atoms with Crippen molar-refractivity contribution in [1.29, 1.82) is 0 Å². The van der Waals surface area contributed by atoms with Crippen LogP contribution in [0.5, 0.6) is 0 Å². The van der Waals surface area contributed by atoms with E-state index in [-0.39, 0.29) is 23.8 Å². The number of aromatic nitrogens is 2. The lowest BCUT2D eigenvalue weighted by molar-refractivity contribution is -0.118. The summed E-state index contributed by atoms with van der Waals surface area (Å²) in [5, 5.41) is 0. The van der Waals surface area contributed by atoms with Crippen LogP contribution in [0.15, 0.2) is 33.9 Å². The summed E-state index contributed by atoms with van der Waals surface area (Å²) in [6.07, 6.45) is 2.46. The number of nitrogen functional groups attached to an aromatic ring is 1. The molecule has 2 rings (SSSR count). The Balaban J connectivity index is 2.22. The highest BCUT2D eigenvalue weighted by Crippen LogP contribution is 2.19. The van der Waals surface area contributed by atoms with Gasteiger partial charge in [0.1, 0.15) is 5.82 Å². The van der Waals surface area contributed by atoms with Crippen molar-refractivity contribution >= 4 is 17.4 Å².